The quantitative estimate of drug-likeness (QED) is 0.818. The molecule has 0 fully saturated rings. The van der Waals surface area contributed by atoms with E-state index >= 15 is 0 Å². The van der Waals surface area contributed by atoms with Crippen LogP contribution in [0.2, 0.25) is 0 Å². The van der Waals surface area contributed by atoms with Crippen LogP contribution in [0.5, 0.6) is 0 Å². The van der Waals surface area contributed by atoms with Gasteiger partial charge in [-0.3, -0.25) is 9.59 Å². The number of carbonyl (C=O) groups is 2. The lowest BCUT2D eigenvalue weighted by molar-refractivity contribution is -0.120. The van der Waals surface area contributed by atoms with Crippen LogP contribution in [0.1, 0.15) is 23.2 Å². The second-order valence-electron chi connectivity index (χ2n) is 4.19. The van der Waals surface area contributed by atoms with E-state index in [1.165, 1.54) is 0 Å². The molecule has 4 nitrogen and oxygen atoms in total. The smallest absolute Gasteiger partial charge is 0.219 e. The van der Waals surface area contributed by atoms with Gasteiger partial charge < -0.3 is 9.88 Å². The lowest BCUT2D eigenvalue weighted by atomic mass is 10.1. The SMILES string of the molecule is CNC(=O)CCCn1ccc2cccc(C=O)c21. The highest BCUT2D eigenvalue weighted by Crippen LogP contribution is 2.19. The zero-order valence-electron chi connectivity index (χ0n) is 10.3. The fourth-order valence-electron chi connectivity index (χ4n) is 2.11. The van der Waals surface area contributed by atoms with E-state index < -0.39 is 0 Å². The number of aryl methyl sites for hydroxylation is 1. The van der Waals surface area contributed by atoms with Gasteiger partial charge in [-0.2, -0.15) is 0 Å². The van der Waals surface area contributed by atoms with Gasteiger partial charge in [-0.15, -0.1) is 0 Å². The molecular formula is C14H16N2O2. The van der Waals surface area contributed by atoms with Crippen LogP contribution in [-0.2, 0) is 11.3 Å². The monoisotopic (exact) mass is 244 g/mol. The normalized spacial score (nSPS) is 10.5. The van der Waals surface area contributed by atoms with E-state index in [0.717, 1.165) is 30.2 Å². The molecule has 0 saturated heterocycles. The first-order chi connectivity index (χ1) is 8.76. The number of amides is 1. The molecule has 2 rings (SSSR count). The number of nitrogens with zero attached hydrogens (tertiary/aromatic N) is 1. The molecular weight excluding hydrogens is 228 g/mol. The van der Waals surface area contributed by atoms with Gasteiger partial charge in [-0.25, -0.2) is 0 Å². The van der Waals surface area contributed by atoms with Gasteiger partial charge in [-0.1, -0.05) is 12.1 Å². The third kappa shape index (κ3) is 2.42. The van der Waals surface area contributed by atoms with Crippen molar-refractivity contribution in [2.45, 2.75) is 19.4 Å². The molecule has 18 heavy (non-hydrogen) atoms. The number of para-hydroxylation sites is 1. The Morgan fingerprint density at radius 3 is 2.94 bits per heavy atom. The zero-order chi connectivity index (χ0) is 13.0. The van der Waals surface area contributed by atoms with E-state index in [9.17, 15) is 9.59 Å². The third-order valence-corrected chi connectivity index (χ3v) is 3.03. The van der Waals surface area contributed by atoms with Crippen molar-refractivity contribution in [2.75, 3.05) is 7.05 Å². The second-order valence-corrected chi connectivity index (χ2v) is 4.19. The van der Waals surface area contributed by atoms with Crippen molar-refractivity contribution in [3.05, 3.63) is 36.0 Å². The Bertz CT molecular complexity index is 572. The average molecular weight is 244 g/mol. The molecule has 0 bridgehead atoms. The summed E-state index contributed by atoms with van der Waals surface area (Å²) in [4.78, 5) is 22.2. The Morgan fingerprint density at radius 1 is 1.39 bits per heavy atom. The van der Waals surface area contributed by atoms with E-state index in [1.807, 2.05) is 35.0 Å². The molecule has 0 aliphatic carbocycles. The summed E-state index contributed by atoms with van der Waals surface area (Å²) in [6.07, 6.45) is 4.09. The van der Waals surface area contributed by atoms with E-state index in [1.54, 1.807) is 7.05 Å². The average Bonchev–Trinajstić information content (AvgIpc) is 2.82. The van der Waals surface area contributed by atoms with Crippen molar-refractivity contribution in [3.63, 3.8) is 0 Å². The van der Waals surface area contributed by atoms with E-state index in [0.29, 0.717) is 12.0 Å². The van der Waals surface area contributed by atoms with Gasteiger partial charge >= 0.3 is 0 Å². The number of hydrogen-bond acceptors (Lipinski definition) is 2. The van der Waals surface area contributed by atoms with E-state index in [2.05, 4.69) is 5.32 Å². The number of rotatable bonds is 5. The topological polar surface area (TPSA) is 51.1 Å². The van der Waals surface area contributed by atoms with Crippen molar-refractivity contribution in [3.8, 4) is 0 Å². The molecule has 4 heteroatoms. The summed E-state index contributed by atoms with van der Waals surface area (Å²) in [6, 6.07) is 7.66. The predicted octanol–water partition coefficient (Wildman–Crippen LogP) is 1.98. The van der Waals surface area contributed by atoms with Crippen LogP contribution in [0, 0.1) is 0 Å². The Kier molecular flexibility index (Phi) is 3.77. The maximum absolute atomic E-state index is 11.2. The molecule has 1 aromatic carbocycles. The molecule has 1 heterocycles. The number of aromatic nitrogens is 1. The van der Waals surface area contributed by atoms with E-state index in [-0.39, 0.29) is 5.91 Å². The summed E-state index contributed by atoms with van der Waals surface area (Å²) >= 11 is 0. The Hall–Kier alpha value is -2.10. The van der Waals surface area contributed by atoms with Crippen LogP contribution in [0.25, 0.3) is 10.9 Å². The molecule has 0 aliphatic heterocycles. The van der Waals surface area contributed by atoms with Crippen molar-refractivity contribution in [1.29, 1.82) is 0 Å². The lowest BCUT2D eigenvalue weighted by Crippen LogP contribution is -2.17. The number of nitrogens with one attached hydrogen (secondary N) is 1. The molecule has 0 atom stereocenters. The minimum absolute atomic E-state index is 0.0436. The first-order valence-electron chi connectivity index (χ1n) is 6.00. The van der Waals surface area contributed by atoms with Gasteiger partial charge in [0.05, 0.1) is 5.52 Å². The maximum atomic E-state index is 11.2. The maximum Gasteiger partial charge on any atom is 0.219 e. The summed E-state index contributed by atoms with van der Waals surface area (Å²) in [5.74, 6) is 0.0436. The number of benzene rings is 1. The van der Waals surface area contributed by atoms with E-state index in [4.69, 9.17) is 0 Å². The number of carbonyl (C=O) groups excluding carboxylic acids is 2. The summed E-state index contributed by atoms with van der Waals surface area (Å²) in [5, 5.41) is 3.66. The minimum Gasteiger partial charge on any atom is -0.359 e. The first kappa shape index (κ1) is 12.4. The largest absolute Gasteiger partial charge is 0.359 e. The molecule has 0 unspecified atom stereocenters. The summed E-state index contributed by atoms with van der Waals surface area (Å²) in [7, 11) is 1.64. The van der Waals surface area contributed by atoms with Crippen molar-refractivity contribution >= 4 is 23.1 Å². The molecule has 0 saturated carbocycles. The number of aldehydes is 1. The highest BCUT2D eigenvalue weighted by atomic mass is 16.1. The summed E-state index contributed by atoms with van der Waals surface area (Å²) < 4.78 is 2.03. The molecule has 0 radical (unpaired) electrons. The molecule has 94 valence electrons. The van der Waals surface area contributed by atoms with Gasteiger partial charge in [0.25, 0.3) is 0 Å². The van der Waals surface area contributed by atoms with Crippen molar-refractivity contribution < 1.29 is 9.59 Å². The van der Waals surface area contributed by atoms with Crippen molar-refractivity contribution in [2.24, 2.45) is 0 Å². The fraction of sp³-hybridized carbons (Fsp3) is 0.286. The standard InChI is InChI=1S/C14H16N2O2/c1-15-13(18)6-3-8-16-9-7-11-4-2-5-12(10-17)14(11)16/h2,4-5,7,9-10H,3,6,8H2,1H3,(H,15,18). The van der Waals surface area contributed by atoms with Crippen LogP contribution in [-0.4, -0.2) is 23.8 Å². The van der Waals surface area contributed by atoms with Gasteiger partial charge in [0, 0.05) is 37.2 Å². The molecule has 2 aromatic rings. The molecule has 1 aromatic heterocycles. The zero-order valence-corrected chi connectivity index (χ0v) is 10.3. The molecule has 0 spiro atoms. The van der Waals surface area contributed by atoms with Crippen LogP contribution in [0.3, 0.4) is 0 Å². The van der Waals surface area contributed by atoms with Gasteiger partial charge in [-0.05, 0) is 18.6 Å². The van der Waals surface area contributed by atoms with Gasteiger partial charge in [0.15, 0.2) is 6.29 Å². The highest BCUT2D eigenvalue weighted by molar-refractivity contribution is 5.96. The number of fused-ring (bicyclic) bond motifs is 1. The Balaban J connectivity index is 2.18. The van der Waals surface area contributed by atoms with Crippen LogP contribution >= 0.6 is 0 Å². The minimum atomic E-state index is 0.0436. The highest BCUT2D eigenvalue weighted by Gasteiger charge is 2.06. The fourth-order valence-corrected chi connectivity index (χ4v) is 2.11. The Morgan fingerprint density at radius 2 is 2.22 bits per heavy atom. The van der Waals surface area contributed by atoms with Gasteiger partial charge in [0.2, 0.25) is 5.91 Å². The van der Waals surface area contributed by atoms with Gasteiger partial charge in [0.1, 0.15) is 0 Å². The predicted molar refractivity (Wildman–Crippen MR) is 70.6 cm³/mol. The van der Waals surface area contributed by atoms with Crippen LogP contribution < -0.4 is 5.32 Å². The van der Waals surface area contributed by atoms with Crippen molar-refractivity contribution in [1.82, 2.24) is 9.88 Å². The third-order valence-electron chi connectivity index (χ3n) is 3.03. The first-order valence-corrected chi connectivity index (χ1v) is 6.00. The van der Waals surface area contributed by atoms with Crippen LogP contribution in [0.15, 0.2) is 30.5 Å². The summed E-state index contributed by atoms with van der Waals surface area (Å²) in [6.45, 7) is 0.738. The lowest BCUT2D eigenvalue weighted by Gasteiger charge is -2.06. The Labute approximate surface area is 106 Å². The molecule has 0 aliphatic rings. The molecule has 1 N–H and O–H groups in total. The second kappa shape index (κ2) is 5.49. The summed E-state index contributed by atoms with van der Waals surface area (Å²) in [5.41, 5.74) is 1.64. The van der Waals surface area contributed by atoms with Crippen LogP contribution in [0.4, 0.5) is 0 Å². The molecule has 1 amide bonds. The number of hydrogen-bond donors (Lipinski definition) is 1.